The highest BCUT2D eigenvalue weighted by molar-refractivity contribution is 7.92. The second-order valence-electron chi connectivity index (χ2n) is 5.17. The molecule has 0 saturated carbocycles. The van der Waals surface area contributed by atoms with Gasteiger partial charge in [0.15, 0.2) is 0 Å². The number of carbonyl (C=O) groups excluding carboxylic acids is 1. The molecule has 7 nitrogen and oxygen atoms in total. The zero-order valence-electron chi connectivity index (χ0n) is 13.5. The average molecular weight is 348 g/mol. The third kappa shape index (κ3) is 4.95. The van der Waals surface area contributed by atoms with Gasteiger partial charge in [0.05, 0.1) is 16.8 Å². The van der Waals surface area contributed by atoms with Crippen LogP contribution in [-0.4, -0.2) is 25.9 Å². The van der Waals surface area contributed by atoms with Gasteiger partial charge < -0.3 is 10.6 Å². The van der Waals surface area contributed by atoms with E-state index >= 15 is 0 Å². The molecule has 24 heavy (non-hydrogen) atoms. The van der Waals surface area contributed by atoms with Gasteiger partial charge in [-0.05, 0) is 42.8 Å². The van der Waals surface area contributed by atoms with Crippen LogP contribution in [0.1, 0.15) is 20.3 Å². The molecule has 0 aliphatic heterocycles. The summed E-state index contributed by atoms with van der Waals surface area (Å²) in [6, 6.07) is 9.29. The maximum absolute atomic E-state index is 12.4. The summed E-state index contributed by atoms with van der Waals surface area (Å²) in [5.74, 6) is 0.478. The molecule has 0 aliphatic rings. The first-order chi connectivity index (χ1) is 11.4. The lowest BCUT2D eigenvalue weighted by atomic mass is 10.3. The first kappa shape index (κ1) is 17.7. The predicted molar refractivity (Wildman–Crippen MR) is 94.6 cm³/mol. The molecule has 1 amide bonds. The molecule has 0 bridgehead atoms. The fraction of sp³-hybridized carbons (Fsp3) is 0.250. The quantitative estimate of drug-likeness (QED) is 0.714. The fourth-order valence-corrected chi connectivity index (χ4v) is 2.99. The zero-order valence-corrected chi connectivity index (χ0v) is 14.4. The molecule has 0 atom stereocenters. The number of rotatable bonds is 7. The Morgan fingerprint density at radius 2 is 1.75 bits per heavy atom. The van der Waals surface area contributed by atoms with Gasteiger partial charge in [-0.25, -0.2) is 13.4 Å². The summed E-state index contributed by atoms with van der Waals surface area (Å²) < 4.78 is 27.2. The monoisotopic (exact) mass is 348 g/mol. The van der Waals surface area contributed by atoms with Crippen molar-refractivity contribution in [2.75, 3.05) is 21.9 Å². The molecule has 3 N–H and O–H groups in total. The molecule has 8 heteroatoms. The van der Waals surface area contributed by atoms with Crippen LogP contribution in [0.5, 0.6) is 0 Å². The summed E-state index contributed by atoms with van der Waals surface area (Å²) in [5, 5.41) is 5.70. The van der Waals surface area contributed by atoms with Crippen LogP contribution < -0.4 is 15.4 Å². The molecule has 1 heterocycles. The topological polar surface area (TPSA) is 100 Å². The van der Waals surface area contributed by atoms with Crippen LogP contribution in [0.4, 0.5) is 17.2 Å². The molecule has 0 radical (unpaired) electrons. The maximum atomic E-state index is 12.4. The van der Waals surface area contributed by atoms with Gasteiger partial charge in [0.2, 0.25) is 5.91 Å². The van der Waals surface area contributed by atoms with Crippen molar-refractivity contribution in [1.29, 1.82) is 0 Å². The third-order valence-corrected chi connectivity index (χ3v) is 4.45. The number of nitrogens with zero attached hydrogens (tertiary/aromatic N) is 1. The second-order valence-corrected chi connectivity index (χ2v) is 6.85. The molecule has 2 aromatic rings. The molecule has 1 aromatic heterocycles. The Bertz CT molecular complexity index is 787. The van der Waals surface area contributed by atoms with Gasteiger partial charge in [0, 0.05) is 19.2 Å². The zero-order chi connectivity index (χ0) is 17.6. The number of aromatic nitrogens is 1. The molecule has 0 spiro atoms. The van der Waals surface area contributed by atoms with Gasteiger partial charge in [-0.3, -0.25) is 9.52 Å². The van der Waals surface area contributed by atoms with Crippen LogP contribution in [0, 0.1) is 0 Å². The van der Waals surface area contributed by atoms with E-state index in [0.29, 0.717) is 17.2 Å². The van der Waals surface area contributed by atoms with Crippen LogP contribution in [0.25, 0.3) is 0 Å². The number of carbonyl (C=O) groups is 1. The number of sulfonamides is 1. The number of benzene rings is 1. The number of pyridine rings is 1. The number of anilines is 3. The predicted octanol–water partition coefficient (Wildman–Crippen LogP) is 2.66. The van der Waals surface area contributed by atoms with Crippen molar-refractivity contribution in [3.8, 4) is 0 Å². The Morgan fingerprint density at radius 3 is 2.29 bits per heavy atom. The highest BCUT2D eigenvalue weighted by atomic mass is 32.2. The average Bonchev–Trinajstić information content (AvgIpc) is 2.54. The molecule has 2 rings (SSSR count). The van der Waals surface area contributed by atoms with E-state index in [1.54, 1.807) is 12.1 Å². The SMILES string of the molecule is CCCNc1ccc(NS(=O)(=O)c2ccc(NC(C)=O)cc2)cn1. The lowest BCUT2D eigenvalue weighted by Crippen LogP contribution is -2.13. The van der Waals surface area contributed by atoms with Gasteiger partial charge in [-0.2, -0.15) is 0 Å². The van der Waals surface area contributed by atoms with E-state index in [-0.39, 0.29) is 10.8 Å². The molecule has 0 fully saturated rings. The smallest absolute Gasteiger partial charge is 0.261 e. The lowest BCUT2D eigenvalue weighted by molar-refractivity contribution is -0.114. The lowest BCUT2D eigenvalue weighted by Gasteiger charge is -2.10. The van der Waals surface area contributed by atoms with Gasteiger partial charge >= 0.3 is 0 Å². The first-order valence-corrected chi connectivity index (χ1v) is 8.99. The van der Waals surface area contributed by atoms with E-state index in [1.807, 2.05) is 6.92 Å². The molecule has 0 aliphatic carbocycles. The Hall–Kier alpha value is -2.61. The van der Waals surface area contributed by atoms with Crippen molar-refractivity contribution in [3.05, 3.63) is 42.6 Å². The number of hydrogen-bond acceptors (Lipinski definition) is 5. The summed E-state index contributed by atoms with van der Waals surface area (Å²) in [6.07, 6.45) is 2.44. The molecular formula is C16H20N4O3S. The molecule has 128 valence electrons. The van der Waals surface area contributed by atoms with Gasteiger partial charge in [0.25, 0.3) is 10.0 Å². The Balaban J connectivity index is 2.08. The van der Waals surface area contributed by atoms with Crippen LogP contribution in [-0.2, 0) is 14.8 Å². The van der Waals surface area contributed by atoms with Crippen LogP contribution >= 0.6 is 0 Å². The van der Waals surface area contributed by atoms with Crippen molar-refractivity contribution >= 4 is 33.1 Å². The highest BCUT2D eigenvalue weighted by Crippen LogP contribution is 2.18. The summed E-state index contributed by atoms with van der Waals surface area (Å²) in [5.41, 5.74) is 0.914. The first-order valence-electron chi connectivity index (χ1n) is 7.51. The minimum Gasteiger partial charge on any atom is -0.370 e. The van der Waals surface area contributed by atoms with E-state index in [4.69, 9.17) is 0 Å². The summed E-state index contributed by atoms with van der Waals surface area (Å²) >= 11 is 0. The van der Waals surface area contributed by atoms with Gasteiger partial charge in [-0.1, -0.05) is 6.92 Å². The molecular weight excluding hydrogens is 328 g/mol. The number of amides is 1. The molecule has 1 aromatic carbocycles. The van der Waals surface area contributed by atoms with Gasteiger partial charge in [-0.15, -0.1) is 0 Å². The fourth-order valence-electron chi connectivity index (χ4n) is 1.95. The summed E-state index contributed by atoms with van der Waals surface area (Å²) in [7, 11) is -3.71. The number of hydrogen-bond donors (Lipinski definition) is 3. The van der Waals surface area contributed by atoms with Crippen molar-refractivity contribution in [3.63, 3.8) is 0 Å². The third-order valence-electron chi connectivity index (χ3n) is 3.06. The Morgan fingerprint density at radius 1 is 1.08 bits per heavy atom. The molecule has 0 saturated heterocycles. The Kier molecular flexibility index (Phi) is 5.75. The minimum atomic E-state index is -3.71. The van der Waals surface area contributed by atoms with E-state index < -0.39 is 10.0 Å². The van der Waals surface area contributed by atoms with E-state index in [2.05, 4.69) is 20.3 Å². The van der Waals surface area contributed by atoms with Crippen molar-refractivity contribution < 1.29 is 13.2 Å². The van der Waals surface area contributed by atoms with Crippen molar-refractivity contribution in [1.82, 2.24) is 4.98 Å². The minimum absolute atomic E-state index is 0.102. The normalized spacial score (nSPS) is 10.9. The summed E-state index contributed by atoms with van der Waals surface area (Å²) in [4.78, 5) is 15.2. The largest absolute Gasteiger partial charge is 0.370 e. The maximum Gasteiger partial charge on any atom is 0.261 e. The van der Waals surface area contributed by atoms with E-state index in [0.717, 1.165) is 13.0 Å². The standard InChI is InChI=1S/C16H20N4O3S/c1-3-10-17-16-9-6-14(11-18-16)20-24(22,23)15-7-4-13(5-8-15)19-12(2)21/h4-9,11,20H,3,10H2,1-2H3,(H,17,18)(H,19,21). The Labute approximate surface area is 141 Å². The number of nitrogens with one attached hydrogen (secondary N) is 3. The van der Waals surface area contributed by atoms with Gasteiger partial charge in [0.1, 0.15) is 5.82 Å². The summed E-state index contributed by atoms with van der Waals surface area (Å²) in [6.45, 7) is 4.24. The van der Waals surface area contributed by atoms with Crippen LogP contribution in [0.2, 0.25) is 0 Å². The highest BCUT2D eigenvalue weighted by Gasteiger charge is 2.14. The van der Waals surface area contributed by atoms with Crippen LogP contribution in [0.3, 0.4) is 0 Å². The van der Waals surface area contributed by atoms with E-state index in [1.165, 1.54) is 37.4 Å². The molecule has 0 unspecified atom stereocenters. The second kappa shape index (κ2) is 7.78. The van der Waals surface area contributed by atoms with Crippen molar-refractivity contribution in [2.24, 2.45) is 0 Å². The van der Waals surface area contributed by atoms with Crippen LogP contribution in [0.15, 0.2) is 47.5 Å². The van der Waals surface area contributed by atoms with Crippen molar-refractivity contribution in [2.45, 2.75) is 25.2 Å². The van der Waals surface area contributed by atoms with E-state index in [9.17, 15) is 13.2 Å².